The number of allylic oxidation sites excluding steroid dienone is 1. The van der Waals surface area contributed by atoms with Crippen LogP contribution in [0.4, 0.5) is 0 Å². The van der Waals surface area contributed by atoms with Gasteiger partial charge in [0, 0.05) is 11.0 Å². The number of rotatable bonds is 11. The Bertz CT molecular complexity index is 1490. The predicted octanol–water partition coefficient (Wildman–Crippen LogP) is 1.85. The zero-order valence-electron chi connectivity index (χ0n) is 33.9. The average molecular weight is 797 g/mol. The molecule has 2 heterocycles. The van der Waals surface area contributed by atoms with Crippen molar-refractivity contribution in [2.45, 2.75) is 179 Å². The van der Waals surface area contributed by atoms with Gasteiger partial charge in [0.15, 0.2) is 12.6 Å². The molecule has 0 bridgehead atoms. The largest absolute Gasteiger partial charge is 0.478 e. The summed E-state index contributed by atoms with van der Waals surface area (Å²) in [6, 6.07) is 0. The normalized spacial score (nSPS) is 53.0. The fourth-order valence-corrected chi connectivity index (χ4v) is 14.3. The van der Waals surface area contributed by atoms with Crippen LogP contribution in [0, 0.1) is 50.7 Å². The maximum Gasteiger partial charge on any atom is 0.330 e. The molecule has 0 aromatic heterocycles. The number of aliphatic hydroxyl groups is 8. The number of carbonyl (C=O) groups is 1. The van der Waals surface area contributed by atoms with Crippen molar-refractivity contribution in [3.8, 4) is 0 Å². The van der Waals surface area contributed by atoms with E-state index in [0.717, 1.165) is 51.4 Å². The van der Waals surface area contributed by atoms with Crippen molar-refractivity contribution in [1.82, 2.24) is 0 Å². The van der Waals surface area contributed by atoms with E-state index in [1.165, 1.54) is 0 Å². The first-order valence-corrected chi connectivity index (χ1v) is 21.1. The van der Waals surface area contributed by atoms with E-state index in [4.69, 9.17) is 18.9 Å². The molecule has 5 aliphatic carbocycles. The van der Waals surface area contributed by atoms with Crippen LogP contribution in [0.1, 0.15) is 106 Å². The van der Waals surface area contributed by atoms with Gasteiger partial charge in [-0.25, -0.2) is 4.79 Å². The monoisotopic (exact) mass is 796 g/mol. The fraction of sp³-hybridized carbons (Fsp3) is 0.929. The summed E-state index contributed by atoms with van der Waals surface area (Å²) in [5.41, 5.74) is -0.119. The van der Waals surface area contributed by atoms with Crippen molar-refractivity contribution in [3.05, 3.63) is 11.6 Å². The first-order valence-electron chi connectivity index (χ1n) is 21.1. The second-order valence-electron chi connectivity index (χ2n) is 20.0. The molecule has 0 aromatic carbocycles. The van der Waals surface area contributed by atoms with Crippen LogP contribution in [0.5, 0.6) is 0 Å². The van der Waals surface area contributed by atoms with Crippen LogP contribution in [0.25, 0.3) is 0 Å². The quantitative estimate of drug-likeness (QED) is 0.107. The lowest BCUT2D eigenvalue weighted by atomic mass is 9.41. The summed E-state index contributed by atoms with van der Waals surface area (Å²) in [6.07, 6.45) is -4.68. The van der Waals surface area contributed by atoms with Crippen LogP contribution in [0.3, 0.4) is 0 Å². The minimum absolute atomic E-state index is 0.0217. The molecule has 14 heteroatoms. The summed E-state index contributed by atoms with van der Waals surface area (Å²) in [6.45, 7) is 11.9. The van der Waals surface area contributed by atoms with Crippen molar-refractivity contribution in [2.75, 3.05) is 13.2 Å². The van der Waals surface area contributed by atoms with Gasteiger partial charge in [-0.15, -0.1) is 0 Å². The maximum absolute atomic E-state index is 12.3. The van der Waals surface area contributed by atoms with E-state index in [-0.39, 0.29) is 33.2 Å². The van der Waals surface area contributed by atoms with Crippen molar-refractivity contribution in [1.29, 1.82) is 0 Å². The second kappa shape index (κ2) is 15.0. The van der Waals surface area contributed by atoms with E-state index in [0.29, 0.717) is 42.1 Å². The zero-order valence-corrected chi connectivity index (χ0v) is 33.9. The van der Waals surface area contributed by atoms with Gasteiger partial charge in [0.1, 0.15) is 48.8 Å². The lowest BCUT2D eigenvalue weighted by Gasteiger charge is -2.65. The topological polar surface area (TPSA) is 236 Å². The first kappa shape index (κ1) is 42.8. The van der Waals surface area contributed by atoms with Crippen molar-refractivity contribution in [3.63, 3.8) is 0 Å². The molecule has 9 N–H and O–H groups in total. The second-order valence-corrected chi connectivity index (χ2v) is 20.0. The molecule has 2 aliphatic heterocycles. The number of carboxylic acid groups (broad SMARTS) is 1. The Hall–Kier alpha value is -1.27. The van der Waals surface area contributed by atoms with Crippen LogP contribution in [0.15, 0.2) is 11.6 Å². The Morgan fingerprint density at radius 2 is 1.41 bits per heavy atom. The molecule has 0 amide bonds. The predicted molar refractivity (Wildman–Crippen MR) is 199 cm³/mol. The third kappa shape index (κ3) is 6.21. The lowest BCUT2D eigenvalue weighted by Crippen LogP contribution is -2.65. The number of hydrogen-bond donors (Lipinski definition) is 9. The van der Waals surface area contributed by atoms with E-state index in [1.54, 1.807) is 6.92 Å². The molecular formula is C42H68O14. The van der Waals surface area contributed by atoms with Gasteiger partial charge in [-0.05, 0) is 116 Å². The van der Waals surface area contributed by atoms with E-state index >= 15 is 0 Å². The Morgan fingerprint density at radius 1 is 0.786 bits per heavy atom. The highest BCUT2D eigenvalue weighted by atomic mass is 16.7. The molecule has 5 saturated carbocycles. The third-order valence-corrected chi connectivity index (χ3v) is 17.5. The van der Waals surface area contributed by atoms with Crippen LogP contribution in [0.2, 0.25) is 0 Å². The number of ether oxygens (including phenoxy) is 4. The Balaban J connectivity index is 1.03. The Kier molecular flexibility index (Phi) is 11.5. The molecule has 2 spiro atoms. The molecule has 20 atom stereocenters. The number of carboxylic acids is 1. The van der Waals surface area contributed by atoms with Gasteiger partial charge >= 0.3 is 5.97 Å². The number of aliphatic hydroxyl groups excluding tert-OH is 8. The SMILES string of the molecule is C/C(=C\CC[C@@H](C)[C@H]1CC[C@@]2(C)[C@@H]3CC[C@@H]4C(C)(C)[C@@H](O[C@@H]5O[C@@H](CO)[C@H](O[C@H]6O[C@H](CO)[C@@H](O)[C@H](O)[C@H]6O)[C@@H](O)[C@@H]5O)CC[C@@]45C[C@@]35C[C@H](O)[C@]12C)C(=O)O. The Morgan fingerprint density at radius 3 is 2.07 bits per heavy atom. The van der Waals surface area contributed by atoms with Gasteiger partial charge in [-0.2, -0.15) is 0 Å². The summed E-state index contributed by atoms with van der Waals surface area (Å²) in [5.74, 6) is 0.619. The molecule has 0 unspecified atom stereocenters. The molecule has 7 rings (SSSR count). The summed E-state index contributed by atoms with van der Waals surface area (Å²) in [7, 11) is 0. The third-order valence-electron chi connectivity index (χ3n) is 17.5. The zero-order chi connectivity index (χ0) is 40.9. The molecule has 14 nitrogen and oxygen atoms in total. The maximum atomic E-state index is 12.3. The summed E-state index contributed by atoms with van der Waals surface area (Å²) < 4.78 is 23.8. The van der Waals surface area contributed by atoms with Crippen LogP contribution >= 0.6 is 0 Å². The molecule has 0 radical (unpaired) electrons. The van der Waals surface area contributed by atoms with E-state index in [2.05, 4.69) is 34.6 Å². The van der Waals surface area contributed by atoms with Gasteiger partial charge in [0.25, 0.3) is 0 Å². The van der Waals surface area contributed by atoms with Gasteiger partial charge in [0.05, 0.1) is 25.4 Å². The molecule has 56 heavy (non-hydrogen) atoms. The molecule has 0 aromatic rings. The van der Waals surface area contributed by atoms with Gasteiger partial charge in [-0.3, -0.25) is 0 Å². The smallest absolute Gasteiger partial charge is 0.330 e. The summed E-state index contributed by atoms with van der Waals surface area (Å²) in [4.78, 5) is 11.4. The van der Waals surface area contributed by atoms with Crippen molar-refractivity contribution < 1.29 is 69.7 Å². The van der Waals surface area contributed by atoms with Crippen LogP contribution in [-0.4, -0.2) is 139 Å². The van der Waals surface area contributed by atoms with Crippen LogP contribution in [-0.2, 0) is 23.7 Å². The minimum Gasteiger partial charge on any atom is -0.478 e. The van der Waals surface area contributed by atoms with Gasteiger partial charge in [-0.1, -0.05) is 40.7 Å². The van der Waals surface area contributed by atoms with Gasteiger partial charge in [0.2, 0.25) is 0 Å². The molecular weight excluding hydrogens is 728 g/mol. The summed E-state index contributed by atoms with van der Waals surface area (Å²) >= 11 is 0. The molecule has 7 fully saturated rings. The molecule has 2 saturated heterocycles. The number of fused-ring (bicyclic) bond motifs is 2. The summed E-state index contributed by atoms with van der Waals surface area (Å²) in [5, 5.41) is 95.0. The number of hydrogen-bond acceptors (Lipinski definition) is 13. The lowest BCUT2D eigenvalue weighted by molar-refractivity contribution is -0.367. The average Bonchev–Trinajstić information content (AvgIpc) is 3.72. The number of aliphatic carboxylic acids is 1. The highest BCUT2D eigenvalue weighted by molar-refractivity contribution is 5.85. The van der Waals surface area contributed by atoms with Crippen molar-refractivity contribution >= 4 is 5.97 Å². The Labute approximate surface area is 330 Å². The molecule has 7 aliphatic rings. The highest BCUT2D eigenvalue weighted by Crippen LogP contribution is 2.89. The van der Waals surface area contributed by atoms with Gasteiger partial charge < -0.3 is 64.9 Å². The molecule has 320 valence electrons. The first-order chi connectivity index (χ1) is 26.2. The van der Waals surface area contributed by atoms with E-state index < -0.39 is 86.7 Å². The minimum atomic E-state index is -1.74. The van der Waals surface area contributed by atoms with E-state index in [9.17, 15) is 50.8 Å². The van der Waals surface area contributed by atoms with Crippen molar-refractivity contribution in [2.24, 2.45) is 50.7 Å². The standard InChI is InChI=1S/C42H68O14/c1-20(8-7-9-21(2)35(51)52)22-12-14-39(5)26-11-10-25-38(3,4)28(13-15-41(25)19-42(26,41)16-27(45)40(22,39)6)55-36-33(50)31(48)34(24(18-44)54-36)56-37-32(49)30(47)29(46)23(17-43)53-37/h9,20,22-34,36-37,43-50H,7-8,10-19H2,1-6H3,(H,51,52)/b21-9+/t20-,22-,23-,24+,25-,26+,27+,28+,29-,30+,31+,32-,33+,34+,36+,37-,39+,40+,41-,42+/m1/s1. The van der Waals surface area contributed by atoms with Crippen LogP contribution < -0.4 is 0 Å². The highest BCUT2D eigenvalue weighted by Gasteiger charge is 2.83. The fourth-order valence-electron chi connectivity index (χ4n) is 14.3. The van der Waals surface area contributed by atoms with E-state index in [1.807, 2.05) is 6.08 Å².